The Hall–Kier alpha value is -2.48. The predicted octanol–water partition coefficient (Wildman–Crippen LogP) is 3.07. The third-order valence-electron chi connectivity index (χ3n) is 4.82. The van der Waals surface area contributed by atoms with Crippen LogP contribution in [-0.2, 0) is 0 Å². The average molecular weight is 412 g/mol. The number of thiophene rings is 2. The number of hydrogen-bond donors (Lipinski definition) is 2. The summed E-state index contributed by atoms with van der Waals surface area (Å²) >= 11 is 3.22. The molecule has 0 radical (unpaired) electrons. The zero-order valence-electron chi connectivity index (χ0n) is 16.1. The number of carbonyl (C=O) groups is 1. The zero-order valence-corrected chi connectivity index (χ0v) is 17.7. The molecule has 4 rings (SSSR count). The zero-order chi connectivity index (χ0) is 19.7. The minimum atomic E-state index is -0.0250. The molecule has 5 nitrogen and oxygen atoms in total. The van der Waals surface area contributed by atoms with E-state index < -0.39 is 0 Å². The first kappa shape index (κ1) is 18.9. The number of quaternary nitrogens is 1. The predicted molar refractivity (Wildman–Crippen MR) is 116 cm³/mol. The highest BCUT2D eigenvalue weighted by Crippen LogP contribution is 2.30. The number of likely N-dealkylation sites (N-methyl/N-ethyl adjacent to an activating group) is 1. The largest absolute Gasteiger partial charge is 0.345 e. The molecule has 1 aromatic carbocycles. The summed E-state index contributed by atoms with van der Waals surface area (Å²) in [4.78, 5) is 17.1. The fourth-order valence-corrected chi connectivity index (χ4v) is 5.32. The fraction of sp³-hybridized carbons (Fsp3) is 0.238. The van der Waals surface area contributed by atoms with Crippen LogP contribution in [0.25, 0.3) is 15.9 Å². The Bertz CT molecular complexity index is 1080. The topological polar surface area (TPSA) is 51.4 Å². The van der Waals surface area contributed by atoms with Gasteiger partial charge in [-0.25, -0.2) is 4.68 Å². The van der Waals surface area contributed by atoms with Gasteiger partial charge in [0, 0.05) is 5.39 Å². The van der Waals surface area contributed by atoms with E-state index in [1.54, 1.807) is 11.3 Å². The number of rotatable bonds is 6. The number of hydrogen-bond acceptors (Lipinski definition) is 4. The molecule has 144 valence electrons. The first-order chi connectivity index (χ1) is 13.5. The van der Waals surface area contributed by atoms with Crippen molar-refractivity contribution >= 4 is 38.8 Å². The Balaban J connectivity index is 1.57. The van der Waals surface area contributed by atoms with Crippen molar-refractivity contribution in [1.29, 1.82) is 0 Å². The van der Waals surface area contributed by atoms with Gasteiger partial charge in [-0.05, 0) is 36.6 Å². The first-order valence-corrected chi connectivity index (χ1v) is 10.9. The number of aryl methyl sites for hydroxylation is 1. The van der Waals surface area contributed by atoms with E-state index in [0.717, 1.165) is 26.5 Å². The number of carbonyl (C=O) groups excluding carboxylic acids is 1. The highest BCUT2D eigenvalue weighted by molar-refractivity contribution is 7.20. The van der Waals surface area contributed by atoms with Crippen molar-refractivity contribution < 1.29 is 9.69 Å². The van der Waals surface area contributed by atoms with Crippen LogP contribution in [0.15, 0.2) is 53.9 Å². The number of aromatic nitrogens is 2. The average Bonchev–Trinajstić information content (AvgIpc) is 3.41. The van der Waals surface area contributed by atoms with E-state index in [-0.39, 0.29) is 11.9 Å². The Morgan fingerprint density at radius 2 is 2.00 bits per heavy atom. The maximum absolute atomic E-state index is 12.8. The van der Waals surface area contributed by atoms with Crippen LogP contribution in [0.5, 0.6) is 0 Å². The summed E-state index contributed by atoms with van der Waals surface area (Å²) in [5, 5.41) is 10.9. The molecule has 0 fully saturated rings. The molecule has 0 aliphatic carbocycles. The van der Waals surface area contributed by atoms with Crippen LogP contribution in [0.1, 0.15) is 26.3 Å². The monoisotopic (exact) mass is 411 g/mol. The Labute approximate surface area is 172 Å². The van der Waals surface area contributed by atoms with Crippen molar-refractivity contribution in [3.8, 4) is 5.69 Å². The quantitative estimate of drug-likeness (QED) is 0.512. The van der Waals surface area contributed by atoms with Gasteiger partial charge in [-0.3, -0.25) is 4.79 Å². The second kappa shape index (κ2) is 7.87. The standard InChI is InChI=1S/C21H22N4OS2/c1-14-16-12-19(28-21(16)25(23-14)15-8-5-4-6-9-15)20(26)22-13-17(24(2)3)18-10-7-11-27-18/h4-12,17H,13H2,1-3H3,(H,22,26)/p+1/t17-/m1/s1. The molecule has 0 aliphatic heterocycles. The van der Waals surface area contributed by atoms with Gasteiger partial charge in [0.2, 0.25) is 0 Å². The van der Waals surface area contributed by atoms with Crippen molar-refractivity contribution in [2.24, 2.45) is 0 Å². The van der Waals surface area contributed by atoms with Crippen LogP contribution in [0, 0.1) is 6.92 Å². The number of fused-ring (bicyclic) bond motifs is 1. The molecular formula is C21H23N4OS2+. The third-order valence-corrected chi connectivity index (χ3v) is 6.91. The van der Waals surface area contributed by atoms with Crippen molar-refractivity contribution in [3.05, 3.63) is 69.4 Å². The Kier molecular flexibility index (Phi) is 5.30. The summed E-state index contributed by atoms with van der Waals surface area (Å²) in [6.07, 6.45) is 0. The normalized spacial score (nSPS) is 12.6. The van der Waals surface area contributed by atoms with Gasteiger partial charge >= 0.3 is 0 Å². The highest BCUT2D eigenvalue weighted by atomic mass is 32.1. The van der Waals surface area contributed by atoms with Crippen LogP contribution in [0.4, 0.5) is 0 Å². The van der Waals surface area contributed by atoms with Gasteiger partial charge in [0.05, 0.1) is 41.8 Å². The molecular weight excluding hydrogens is 388 g/mol. The lowest BCUT2D eigenvalue weighted by Crippen LogP contribution is -3.06. The summed E-state index contributed by atoms with van der Waals surface area (Å²) in [6.45, 7) is 2.60. The second-order valence-corrected chi connectivity index (χ2v) is 9.03. The molecule has 3 heterocycles. The smallest absolute Gasteiger partial charge is 0.261 e. The van der Waals surface area contributed by atoms with Crippen LogP contribution in [0.3, 0.4) is 0 Å². The highest BCUT2D eigenvalue weighted by Gasteiger charge is 2.22. The number of nitrogens with zero attached hydrogens (tertiary/aromatic N) is 2. The third kappa shape index (κ3) is 3.61. The molecule has 1 atom stereocenters. The summed E-state index contributed by atoms with van der Waals surface area (Å²) in [6, 6.07) is 16.4. The molecule has 7 heteroatoms. The Morgan fingerprint density at radius 1 is 1.21 bits per heavy atom. The summed E-state index contributed by atoms with van der Waals surface area (Å²) in [7, 11) is 4.24. The van der Waals surface area contributed by atoms with Gasteiger partial charge in [-0.2, -0.15) is 5.10 Å². The van der Waals surface area contributed by atoms with E-state index in [0.29, 0.717) is 6.54 Å². The van der Waals surface area contributed by atoms with E-state index in [1.165, 1.54) is 21.1 Å². The van der Waals surface area contributed by atoms with E-state index in [4.69, 9.17) is 0 Å². The molecule has 2 N–H and O–H groups in total. The molecule has 0 saturated carbocycles. The van der Waals surface area contributed by atoms with Gasteiger partial charge in [-0.1, -0.05) is 24.3 Å². The van der Waals surface area contributed by atoms with Gasteiger partial charge in [0.1, 0.15) is 10.9 Å². The van der Waals surface area contributed by atoms with Crippen molar-refractivity contribution in [2.75, 3.05) is 20.6 Å². The molecule has 1 amide bonds. The lowest BCUT2D eigenvalue weighted by molar-refractivity contribution is -0.890. The van der Waals surface area contributed by atoms with E-state index in [9.17, 15) is 4.79 Å². The number of para-hydroxylation sites is 1. The number of benzene rings is 1. The van der Waals surface area contributed by atoms with Crippen molar-refractivity contribution in [3.63, 3.8) is 0 Å². The van der Waals surface area contributed by atoms with Gasteiger partial charge < -0.3 is 10.2 Å². The van der Waals surface area contributed by atoms with E-state index >= 15 is 0 Å². The van der Waals surface area contributed by atoms with Crippen molar-refractivity contribution in [1.82, 2.24) is 15.1 Å². The lowest BCUT2D eigenvalue weighted by atomic mass is 10.2. The molecule has 0 bridgehead atoms. The van der Waals surface area contributed by atoms with Crippen LogP contribution in [0.2, 0.25) is 0 Å². The van der Waals surface area contributed by atoms with Crippen LogP contribution >= 0.6 is 22.7 Å². The molecule has 28 heavy (non-hydrogen) atoms. The second-order valence-electron chi connectivity index (χ2n) is 7.02. The Morgan fingerprint density at radius 3 is 2.68 bits per heavy atom. The van der Waals surface area contributed by atoms with E-state index in [2.05, 4.69) is 42.0 Å². The maximum Gasteiger partial charge on any atom is 0.261 e. The van der Waals surface area contributed by atoms with Gasteiger partial charge in [0.25, 0.3) is 5.91 Å². The molecule has 0 aliphatic rings. The molecule has 4 aromatic rings. The minimum absolute atomic E-state index is 0.0250. The summed E-state index contributed by atoms with van der Waals surface area (Å²) in [5.74, 6) is -0.0250. The lowest BCUT2D eigenvalue weighted by Gasteiger charge is -2.20. The van der Waals surface area contributed by atoms with Gasteiger partial charge in [0.15, 0.2) is 0 Å². The van der Waals surface area contributed by atoms with Gasteiger partial charge in [-0.15, -0.1) is 22.7 Å². The number of nitrogens with one attached hydrogen (secondary N) is 2. The number of amides is 1. The summed E-state index contributed by atoms with van der Waals surface area (Å²) in [5.41, 5.74) is 1.94. The van der Waals surface area contributed by atoms with Crippen LogP contribution in [-0.4, -0.2) is 36.3 Å². The maximum atomic E-state index is 12.8. The minimum Gasteiger partial charge on any atom is -0.345 e. The van der Waals surface area contributed by atoms with E-state index in [1.807, 2.05) is 48.0 Å². The summed E-state index contributed by atoms with van der Waals surface area (Å²) < 4.78 is 1.92. The van der Waals surface area contributed by atoms with Crippen LogP contribution < -0.4 is 10.2 Å². The fourth-order valence-electron chi connectivity index (χ4n) is 3.26. The molecule has 3 aromatic heterocycles. The SMILES string of the molecule is Cc1nn(-c2ccccc2)c2sc(C(=O)NC[C@H](c3cccs3)[NH+](C)C)cc12. The molecule has 0 saturated heterocycles. The molecule has 0 unspecified atom stereocenters. The first-order valence-electron chi connectivity index (χ1n) is 9.21. The van der Waals surface area contributed by atoms with Crippen molar-refractivity contribution in [2.45, 2.75) is 13.0 Å². The molecule has 0 spiro atoms.